The van der Waals surface area contributed by atoms with Crippen molar-refractivity contribution in [3.05, 3.63) is 0 Å². The molecule has 1 fully saturated rings. The van der Waals surface area contributed by atoms with Crippen LogP contribution in [-0.2, 0) is 4.74 Å². The molecular formula is C6H12O2. The molecule has 0 amide bonds. The predicted molar refractivity (Wildman–Crippen MR) is 30.4 cm³/mol. The maximum absolute atomic E-state index is 8.86. The number of hydrogen-bond donors (Lipinski definition) is 1. The highest BCUT2D eigenvalue weighted by Gasteiger charge is 2.15. The summed E-state index contributed by atoms with van der Waals surface area (Å²) in [6, 6.07) is 0. The number of aliphatic hydroxyl groups is 1. The van der Waals surface area contributed by atoms with Crippen LogP contribution >= 0.6 is 0 Å². The van der Waals surface area contributed by atoms with Crippen molar-refractivity contribution in [2.75, 3.05) is 0 Å². The van der Waals surface area contributed by atoms with Crippen molar-refractivity contribution in [1.82, 2.24) is 0 Å². The highest BCUT2D eigenvalue weighted by Crippen LogP contribution is 2.15. The molecule has 1 heterocycles. The Morgan fingerprint density at radius 2 is 2.25 bits per heavy atom. The van der Waals surface area contributed by atoms with Gasteiger partial charge in [-0.2, -0.15) is 0 Å². The summed E-state index contributed by atoms with van der Waals surface area (Å²) in [7, 11) is 0. The zero-order chi connectivity index (χ0) is 5.98. The summed E-state index contributed by atoms with van der Waals surface area (Å²) < 4.78 is 5.04. The predicted octanol–water partition coefficient (Wildman–Crippen LogP) is 0.894. The molecule has 0 spiro atoms. The first-order valence-electron chi connectivity index (χ1n) is 3.12. The van der Waals surface area contributed by atoms with Gasteiger partial charge in [-0.1, -0.05) is 0 Å². The molecule has 1 saturated heterocycles. The molecule has 0 bridgehead atoms. The van der Waals surface area contributed by atoms with Crippen LogP contribution in [0.2, 0.25) is 0 Å². The van der Waals surface area contributed by atoms with E-state index in [-0.39, 0.29) is 6.10 Å². The van der Waals surface area contributed by atoms with Crippen LogP contribution in [0.4, 0.5) is 0 Å². The summed E-state index contributed by atoms with van der Waals surface area (Å²) in [5.74, 6) is 0. The fraction of sp³-hybridized carbons (Fsp3) is 1.00. The first kappa shape index (κ1) is 6.05. The first-order chi connectivity index (χ1) is 3.79. The van der Waals surface area contributed by atoms with Crippen LogP contribution in [-0.4, -0.2) is 17.5 Å². The second-order valence-electron chi connectivity index (χ2n) is 2.33. The topological polar surface area (TPSA) is 29.5 Å². The van der Waals surface area contributed by atoms with Crippen LogP contribution in [0.15, 0.2) is 0 Å². The Morgan fingerprint density at radius 1 is 1.50 bits per heavy atom. The van der Waals surface area contributed by atoms with Gasteiger partial charge in [-0.25, -0.2) is 0 Å². The zero-order valence-corrected chi connectivity index (χ0v) is 5.13. The Morgan fingerprint density at radius 3 is 2.62 bits per heavy atom. The molecule has 2 atom stereocenters. The van der Waals surface area contributed by atoms with Crippen molar-refractivity contribution >= 4 is 0 Å². The third-order valence-corrected chi connectivity index (χ3v) is 1.45. The first-order valence-corrected chi connectivity index (χ1v) is 3.12. The highest BCUT2D eigenvalue weighted by atomic mass is 16.6. The van der Waals surface area contributed by atoms with Crippen LogP contribution in [0.1, 0.15) is 26.2 Å². The minimum Gasteiger partial charge on any atom is -0.368 e. The molecule has 1 N–H and O–H groups in total. The Labute approximate surface area is 49.5 Å². The van der Waals surface area contributed by atoms with Crippen molar-refractivity contribution in [3.8, 4) is 0 Å². The van der Waals surface area contributed by atoms with Crippen LogP contribution in [0, 0.1) is 0 Å². The van der Waals surface area contributed by atoms with Gasteiger partial charge >= 0.3 is 0 Å². The fourth-order valence-corrected chi connectivity index (χ4v) is 0.984. The summed E-state index contributed by atoms with van der Waals surface area (Å²) in [5, 5.41) is 8.86. The van der Waals surface area contributed by atoms with E-state index in [1.807, 2.05) is 6.92 Å². The smallest absolute Gasteiger partial charge is 0.154 e. The zero-order valence-electron chi connectivity index (χ0n) is 5.13. The molecule has 8 heavy (non-hydrogen) atoms. The van der Waals surface area contributed by atoms with Gasteiger partial charge in [0.05, 0.1) is 6.10 Å². The summed E-state index contributed by atoms with van der Waals surface area (Å²) in [6.07, 6.45) is 2.78. The molecule has 1 rings (SSSR count). The van der Waals surface area contributed by atoms with Crippen LogP contribution in [0.5, 0.6) is 0 Å². The quantitative estimate of drug-likeness (QED) is 0.509. The largest absolute Gasteiger partial charge is 0.368 e. The minimum absolute atomic E-state index is 0.263. The summed E-state index contributed by atoms with van der Waals surface area (Å²) in [6.45, 7) is 1.99. The lowest BCUT2D eigenvalue weighted by Gasteiger charge is -2.23. The molecule has 0 aromatic heterocycles. The van der Waals surface area contributed by atoms with E-state index in [0.29, 0.717) is 0 Å². The van der Waals surface area contributed by atoms with Gasteiger partial charge in [-0.05, 0) is 26.2 Å². The third-order valence-electron chi connectivity index (χ3n) is 1.45. The van der Waals surface area contributed by atoms with E-state index in [9.17, 15) is 0 Å². The van der Waals surface area contributed by atoms with Crippen molar-refractivity contribution < 1.29 is 9.84 Å². The number of ether oxygens (including phenoxy) is 1. The van der Waals surface area contributed by atoms with Crippen molar-refractivity contribution in [3.63, 3.8) is 0 Å². The van der Waals surface area contributed by atoms with Gasteiger partial charge in [-0.15, -0.1) is 0 Å². The molecular weight excluding hydrogens is 104 g/mol. The van der Waals surface area contributed by atoms with Gasteiger partial charge in [0.1, 0.15) is 0 Å². The Balaban J connectivity index is 2.23. The maximum Gasteiger partial charge on any atom is 0.154 e. The van der Waals surface area contributed by atoms with Gasteiger partial charge in [0.25, 0.3) is 0 Å². The number of rotatable bonds is 0. The average molecular weight is 116 g/mol. The Hall–Kier alpha value is -0.0800. The van der Waals surface area contributed by atoms with Crippen LogP contribution < -0.4 is 0 Å². The SMILES string of the molecule is C[C@@H]1CCCC(O)O1. The van der Waals surface area contributed by atoms with Crippen molar-refractivity contribution in [2.24, 2.45) is 0 Å². The van der Waals surface area contributed by atoms with E-state index in [0.717, 1.165) is 19.3 Å². The molecule has 0 aromatic carbocycles. The van der Waals surface area contributed by atoms with E-state index in [4.69, 9.17) is 9.84 Å². The lowest BCUT2D eigenvalue weighted by molar-refractivity contribution is -0.156. The second-order valence-corrected chi connectivity index (χ2v) is 2.33. The van der Waals surface area contributed by atoms with E-state index in [1.165, 1.54) is 0 Å². The van der Waals surface area contributed by atoms with Crippen molar-refractivity contribution in [1.29, 1.82) is 0 Å². The monoisotopic (exact) mass is 116 g/mol. The molecule has 2 heteroatoms. The summed E-state index contributed by atoms with van der Waals surface area (Å²) in [5.41, 5.74) is 0. The molecule has 0 aromatic rings. The molecule has 1 unspecified atom stereocenters. The molecule has 2 nitrogen and oxygen atoms in total. The average Bonchev–Trinajstić information content (AvgIpc) is 1.64. The summed E-state index contributed by atoms with van der Waals surface area (Å²) >= 11 is 0. The fourth-order valence-electron chi connectivity index (χ4n) is 0.984. The Bertz CT molecular complexity index is 64.9. The summed E-state index contributed by atoms with van der Waals surface area (Å²) in [4.78, 5) is 0. The molecule has 0 radical (unpaired) electrons. The van der Waals surface area contributed by atoms with E-state index < -0.39 is 6.29 Å². The highest BCUT2D eigenvalue weighted by molar-refractivity contribution is 4.59. The van der Waals surface area contributed by atoms with Gasteiger partial charge in [0, 0.05) is 0 Å². The third kappa shape index (κ3) is 1.46. The lowest BCUT2D eigenvalue weighted by Crippen LogP contribution is -2.24. The number of hydrogen-bond acceptors (Lipinski definition) is 2. The van der Waals surface area contributed by atoms with Gasteiger partial charge in [0.15, 0.2) is 6.29 Å². The maximum atomic E-state index is 8.86. The normalized spacial score (nSPS) is 39.8. The van der Waals surface area contributed by atoms with Gasteiger partial charge < -0.3 is 9.84 Å². The Kier molecular flexibility index (Phi) is 1.86. The molecule has 48 valence electrons. The van der Waals surface area contributed by atoms with Crippen molar-refractivity contribution in [2.45, 2.75) is 38.6 Å². The van der Waals surface area contributed by atoms with Crippen LogP contribution in [0.3, 0.4) is 0 Å². The van der Waals surface area contributed by atoms with Gasteiger partial charge in [-0.3, -0.25) is 0 Å². The second kappa shape index (κ2) is 2.46. The minimum atomic E-state index is -0.487. The number of aliphatic hydroxyl groups excluding tert-OH is 1. The van der Waals surface area contributed by atoms with Gasteiger partial charge in [0.2, 0.25) is 0 Å². The van der Waals surface area contributed by atoms with Crippen LogP contribution in [0.25, 0.3) is 0 Å². The molecule has 0 saturated carbocycles. The lowest BCUT2D eigenvalue weighted by atomic mass is 10.1. The molecule has 1 aliphatic heterocycles. The van der Waals surface area contributed by atoms with E-state index in [2.05, 4.69) is 0 Å². The van der Waals surface area contributed by atoms with E-state index in [1.54, 1.807) is 0 Å². The molecule has 0 aliphatic carbocycles. The van der Waals surface area contributed by atoms with E-state index >= 15 is 0 Å². The molecule has 1 aliphatic rings. The standard InChI is InChI=1S/C6H12O2/c1-5-3-2-4-6(7)8-5/h5-7H,2-4H2,1H3/t5-,6?/m1/s1.